The fraction of sp³-hybridized carbons (Fsp3) is 0.227. The number of benzene rings is 2. The predicted molar refractivity (Wildman–Crippen MR) is 108 cm³/mol. The van der Waals surface area contributed by atoms with Gasteiger partial charge >= 0.3 is 0 Å². The molecule has 1 heterocycles. The molecule has 1 atom stereocenters. The summed E-state index contributed by atoms with van der Waals surface area (Å²) < 4.78 is 12.7. The first-order valence-corrected chi connectivity index (χ1v) is 9.12. The zero-order valence-corrected chi connectivity index (χ0v) is 16.6. The highest BCUT2D eigenvalue weighted by atomic mass is 16.5. The van der Waals surface area contributed by atoms with E-state index < -0.39 is 6.04 Å². The molecule has 1 amide bonds. The molecule has 3 rings (SSSR count). The molecule has 1 N–H and O–H groups in total. The molecular weight excluding hydrogens is 370 g/mol. The lowest BCUT2D eigenvalue weighted by Gasteiger charge is -2.20. The van der Waals surface area contributed by atoms with E-state index in [1.165, 1.54) is 6.92 Å². The topological polar surface area (TPSA) is 82.4 Å². The number of aryl methyl sites for hydroxylation is 1. The number of ketones is 1. The van der Waals surface area contributed by atoms with Crippen LogP contribution in [-0.2, 0) is 11.8 Å². The van der Waals surface area contributed by atoms with Gasteiger partial charge in [-0.15, -0.1) is 0 Å². The van der Waals surface area contributed by atoms with Crippen LogP contribution in [-0.4, -0.2) is 35.0 Å². The summed E-state index contributed by atoms with van der Waals surface area (Å²) in [6, 6.07) is 13.7. The van der Waals surface area contributed by atoms with Crippen LogP contribution < -0.4 is 14.8 Å². The highest BCUT2D eigenvalue weighted by Gasteiger charge is 2.21. The van der Waals surface area contributed by atoms with Crippen molar-refractivity contribution in [1.82, 2.24) is 14.9 Å². The van der Waals surface area contributed by atoms with Gasteiger partial charge in [-0.1, -0.05) is 24.3 Å². The van der Waals surface area contributed by atoms with Crippen molar-refractivity contribution in [2.45, 2.75) is 13.0 Å². The van der Waals surface area contributed by atoms with Crippen LogP contribution in [0.1, 0.15) is 34.7 Å². The molecule has 0 fully saturated rings. The van der Waals surface area contributed by atoms with Crippen LogP contribution in [0.25, 0.3) is 0 Å². The molecule has 0 saturated carbocycles. The Kier molecular flexibility index (Phi) is 6.29. The van der Waals surface area contributed by atoms with E-state index >= 15 is 0 Å². The maximum Gasteiger partial charge on any atom is 0.258 e. The normalized spacial score (nSPS) is 11.6. The van der Waals surface area contributed by atoms with E-state index in [1.54, 1.807) is 37.6 Å². The standard InChI is InChI=1S/C22H23N3O4/c1-15(26)16-6-4-9-19(12-16)29-14-20(27)24-21(22-23-10-11-25(22)2)17-7-5-8-18(13-17)28-3/h4-13,21H,14H2,1-3H3,(H,24,27). The van der Waals surface area contributed by atoms with E-state index in [-0.39, 0.29) is 18.3 Å². The molecule has 0 aliphatic heterocycles. The zero-order valence-electron chi connectivity index (χ0n) is 16.6. The van der Waals surface area contributed by atoms with E-state index in [2.05, 4.69) is 10.3 Å². The number of ether oxygens (including phenoxy) is 2. The van der Waals surface area contributed by atoms with Crippen molar-refractivity contribution in [2.24, 2.45) is 7.05 Å². The lowest BCUT2D eigenvalue weighted by atomic mass is 10.1. The van der Waals surface area contributed by atoms with Crippen LogP contribution in [0.4, 0.5) is 0 Å². The number of aromatic nitrogens is 2. The summed E-state index contributed by atoms with van der Waals surface area (Å²) >= 11 is 0. The average molecular weight is 393 g/mol. The summed E-state index contributed by atoms with van der Waals surface area (Å²) in [5, 5.41) is 2.97. The molecule has 2 aromatic carbocycles. The minimum Gasteiger partial charge on any atom is -0.497 e. The third kappa shape index (κ3) is 5.01. The minimum absolute atomic E-state index is 0.0622. The van der Waals surface area contributed by atoms with Crippen molar-refractivity contribution >= 4 is 11.7 Å². The number of carbonyl (C=O) groups is 2. The molecule has 0 aliphatic carbocycles. The summed E-state index contributed by atoms with van der Waals surface area (Å²) in [4.78, 5) is 28.5. The van der Waals surface area contributed by atoms with Gasteiger partial charge in [-0.05, 0) is 36.8 Å². The number of rotatable bonds is 8. The van der Waals surface area contributed by atoms with Crippen LogP contribution in [0.2, 0.25) is 0 Å². The third-order valence-corrected chi connectivity index (χ3v) is 4.46. The summed E-state index contributed by atoms with van der Waals surface area (Å²) in [5.41, 5.74) is 1.37. The van der Waals surface area contributed by atoms with Crippen molar-refractivity contribution in [3.63, 3.8) is 0 Å². The summed E-state index contributed by atoms with van der Waals surface area (Å²) in [6.07, 6.45) is 3.50. The van der Waals surface area contributed by atoms with Crippen LogP contribution in [0, 0.1) is 0 Å². The molecule has 0 aliphatic rings. The Hall–Kier alpha value is -3.61. The molecule has 3 aromatic rings. The molecular formula is C22H23N3O4. The van der Waals surface area contributed by atoms with Crippen LogP contribution in [0.5, 0.6) is 11.5 Å². The number of hydrogen-bond acceptors (Lipinski definition) is 5. The van der Waals surface area contributed by atoms with Gasteiger partial charge < -0.3 is 19.4 Å². The van der Waals surface area contributed by atoms with Gasteiger partial charge in [0.1, 0.15) is 23.4 Å². The summed E-state index contributed by atoms with van der Waals surface area (Å²) in [5.74, 6) is 1.46. The molecule has 0 bridgehead atoms. The highest BCUT2D eigenvalue weighted by Crippen LogP contribution is 2.24. The minimum atomic E-state index is -0.468. The largest absolute Gasteiger partial charge is 0.497 e. The second-order valence-electron chi connectivity index (χ2n) is 6.55. The van der Waals surface area contributed by atoms with Gasteiger partial charge in [-0.25, -0.2) is 4.98 Å². The van der Waals surface area contributed by atoms with Crippen LogP contribution >= 0.6 is 0 Å². The Morgan fingerprint density at radius 1 is 1.14 bits per heavy atom. The smallest absolute Gasteiger partial charge is 0.258 e. The molecule has 29 heavy (non-hydrogen) atoms. The number of Topliss-reactive ketones (excluding diaryl/α,β-unsaturated/α-hetero) is 1. The van der Waals surface area contributed by atoms with Gasteiger partial charge in [0, 0.05) is 25.0 Å². The Labute approximate surface area is 169 Å². The first-order valence-electron chi connectivity index (χ1n) is 9.12. The number of carbonyl (C=O) groups excluding carboxylic acids is 2. The van der Waals surface area contributed by atoms with Gasteiger partial charge in [0.25, 0.3) is 5.91 Å². The van der Waals surface area contributed by atoms with Crippen molar-refractivity contribution in [2.75, 3.05) is 13.7 Å². The molecule has 150 valence electrons. The molecule has 1 aromatic heterocycles. The van der Waals surface area contributed by atoms with E-state index in [9.17, 15) is 9.59 Å². The van der Waals surface area contributed by atoms with Gasteiger partial charge in [0.2, 0.25) is 0 Å². The number of amides is 1. The Bertz CT molecular complexity index is 1010. The fourth-order valence-electron chi connectivity index (χ4n) is 2.93. The number of imidazole rings is 1. The molecule has 1 unspecified atom stereocenters. The third-order valence-electron chi connectivity index (χ3n) is 4.46. The number of nitrogens with one attached hydrogen (secondary N) is 1. The van der Waals surface area contributed by atoms with E-state index in [0.29, 0.717) is 22.9 Å². The average Bonchev–Trinajstić information content (AvgIpc) is 3.16. The Morgan fingerprint density at radius 3 is 2.59 bits per heavy atom. The van der Waals surface area contributed by atoms with E-state index in [1.807, 2.05) is 42.1 Å². The van der Waals surface area contributed by atoms with E-state index in [0.717, 1.165) is 5.56 Å². The molecule has 0 radical (unpaired) electrons. The zero-order chi connectivity index (χ0) is 20.8. The van der Waals surface area contributed by atoms with Crippen LogP contribution in [0.3, 0.4) is 0 Å². The quantitative estimate of drug-likeness (QED) is 0.595. The number of methoxy groups -OCH3 is 1. The van der Waals surface area contributed by atoms with Crippen molar-refractivity contribution < 1.29 is 19.1 Å². The first kappa shape index (κ1) is 20.1. The molecule has 7 nitrogen and oxygen atoms in total. The maximum absolute atomic E-state index is 12.6. The number of nitrogens with zero attached hydrogens (tertiary/aromatic N) is 2. The fourth-order valence-corrected chi connectivity index (χ4v) is 2.93. The summed E-state index contributed by atoms with van der Waals surface area (Å²) in [7, 11) is 3.46. The molecule has 0 saturated heterocycles. The van der Waals surface area contributed by atoms with Gasteiger partial charge in [0.05, 0.1) is 7.11 Å². The van der Waals surface area contributed by atoms with Crippen molar-refractivity contribution in [1.29, 1.82) is 0 Å². The number of hydrogen-bond donors (Lipinski definition) is 1. The Morgan fingerprint density at radius 2 is 1.90 bits per heavy atom. The first-order chi connectivity index (χ1) is 14.0. The monoisotopic (exact) mass is 393 g/mol. The SMILES string of the molecule is COc1cccc(C(NC(=O)COc2cccc(C(C)=O)c2)c2nccn2C)c1. The van der Waals surface area contributed by atoms with Crippen molar-refractivity contribution in [3.8, 4) is 11.5 Å². The van der Waals surface area contributed by atoms with Crippen molar-refractivity contribution in [3.05, 3.63) is 77.9 Å². The summed E-state index contributed by atoms with van der Waals surface area (Å²) in [6.45, 7) is 1.30. The van der Waals surface area contributed by atoms with Gasteiger partial charge in [-0.3, -0.25) is 9.59 Å². The predicted octanol–water partition coefficient (Wildman–Crippen LogP) is 2.92. The van der Waals surface area contributed by atoms with Crippen LogP contribution in [0.15, 0.2) is 60.9 Å². The lowest BCUT2D eigenvalue weighted by Crippen LogP contribution is -2.34. The maximum atomic E-state index is 12.6. The second-order valence-corrected chi connectivity index (χ2v) is 6.55. The highest BCUT2D eigenvalue weighted by molar-refractivity contribution is 5.94. The van der Waals surface area contributed by atoms with E-state index in [4.69, 9.17) is 9.47 Å². The second kappa shape index (κ2) is 9.05. The molecule has 0 spiro atoms. The Balaban J connectivity index is 1.75. The van der Waals surface area contributed by atoms with Gasteiger partial charge in [-0.2, -0.15) is 0 Å². The molecule has 7 heteroatoms. The lowest BCUT2D eigenvalue weighted by molar-refractivity contribution is -0.123. The van der Waals surface area contributed by atoms with Gasteiger partial charge in [0.15, 0.2) is 12.4 Å².